The molecule has 1 aliphatic rings. The number of H-pyrrole nitrogens is 1. The smallest absolute Gasteiger partial charge is 0.258 e. The summed E-state index contributed by atoms with van der Waals surface area (Å²) in [6.07, 6.45) is 2.95. The van der Waals surface area contributed by atoms with Crippen LogP contribution in [0.2, 0.25) is 5.02 Å². The van der Waals surface area contributed by atoms with Crippen molar-refractivity contribution in [2.45, 2.75) is 12.7 Å². The minimum atomic E-state index is -0.410. The van der Waals surface area contributed by atoms with Crippen LogP contribution in [0.25, 0.3) is 11.3 Å². The van der Waals surface area contributed by atoms with E-state index in [4.69, 9.17) is 16.0 Å². The van der Waals surface area contributed by atoms with Crippen molar-refractivity contribution in [1.29, 1.82) is 0 Å². The number of nitrogens with zero attached hydrogens (tertiary/aromatic N) is 2. The SMILES string of the molecule is O=C1c2ccccc2N[C@H](c2cn[nH]c2-c2ccc(Cl)cc2)N1Cc1ccco1. The molecule has 2 aromatic heterocycles. The summed E-state index contributed by atoms with van der Waals surface area (Å²) in [6.45, 7) is 0.336. The number of fused-ring (bicyclic) bond motifs is 1. The minimum absolute atomic E-state index is 0.0657. The Kier molecular flexibility index (Phi) is 4.33. The predicted molar refractivity (Wildman–Crippen MR) is 110 cm³/mol. The van der Waals surface area contributed by atoms with E-state index >= 15 is 0 Å². The Morgan fingerprint density at radius 2 is 1.90 bits per heavy atom. The zero-order valence-corrected chi connectivity index (χ0v) is 16.1. The Morgan fingerprint density at radius 1 is 1.07 bits per heavy atom. The molecule has 5 rings (SSSR count). The predicted octanol–water partition coefficient (Wildman–Crippen LogP) is 5.09. The number of aromatic amines is 1. The van der Waals surface area contributed by atoms with Gasteiger partial charge in [0.15, 0.2) is 0 Å². The molecular formula is C22H17ClN4O2. The summed E-state index contributed by atoms with van der Waals surface area (Å²) in [7, 11) is 0. The number of carbonyl (C=O) groups excluding carboxylic acids is 1. The maximum atomic E-state index is 13.3. The first kappa shape index (κ1) is 17.6. The normalized spacial score (nSPS) is 15.8. The monoisotopic (exact) mass is 404 g/mol. The van der Waals surface area contributed by atoms with Gasteiger partial charge in [0.05, 0.1) is 30.3 Å². The van der Waals surface area contributed by atoms with Gasteiger partial charge in [0.1, 0.15) is 11.9 Å². The van der Waals surface area contributed by atoms with E-state index in [9.17, 15) is 4.79 Å². The molecule has 1 atom stereocenters. The van der Waals surface area contributed by atoms with E-state index in [0.717, 1.165) is 22.5 Å². The first-order chi connectivity index (χ1) is 14.2. The molecule has 2 N–H and O–H groups in total. The van der Waals surface area contributed by atoms with E-state index in [1.165, 1.54) is 0 Å². The number of furan rings is 1. The summed E-state index contributed by atoms with van der Waals surface area (Å²) in [4.78, 5) is 15.1. The second-order valence-corrected chi connectivity index (χ2v) is 7.25. The van der Waals surface area contributed by atoms with Crippen LogP contribution in [-0.4, -0.2) is 21.0 Å². The summed E-state index contributed by atoms with van der Waals surface area (Å²) >= 11 is 6.04. The zero-order chi connectivity index (χ0) is 19.8. The molecule has 1 aliphatic heterocycles. The molecule has 2 aromatic carbocycles. The molecule has 3 heterocycles. The van der Waals surface area contributed by atoms with Crippen molar-refractivity contribution < 1.29 is 9.21 Å². The highest BCUT2D eigenvalue weighted by molar-refractivity contribution is 6.30. The zero-order valence-electron chi connectivity index (χ0n) is 15.3. The molecule has 0 radical (unpaired) electrons. The summed E-state index contributed by atoms with van der Waals surface area (Å²) in [6, 6.07) is 18.7. The van der Waals surface area contributed by atoms with Crippen LogP contribution in [0.5, 0.6) is 0 Å². The number of carbonyl (C=O) groups is 1. The molecule has 144 valence electrons. The third-order valence-corrected chi connectivity index (χ3v) is 5.28. The van der Waals surface area contributed by atoms with Crippen molar-refractivity contribution in [3.8, 4) is 11.3 Å². The lowest BCUT2D eigenvalue weighted by atomic mass is 10.0. The number of hydrogen-bond donors (Lipinski definition) is 2. The topological polar surface area (TPSA) is 74.2 Å². The number of nitrogens with one attached hydrogen (secondary N) is 2. The molecule has 7 heteroatoms. The molecular weight excluding hydrogens is 388 g/mol. The third-order valence-electron chi connectivity index (χ3n) is 5.02. The van der Waals surface area contributed by atoms with Crippen molar-refractivity contribution in [2.24, 2.45) is 0 Å². The van der Waals surface area contributed by atoms with Gasteiger partial charge in [-0.25, -0.2) is 0 Å². The van der Waals surface area contributed by atoms with Crippen molar-refractivity contribution in [2.75, 3.05) is 5.32 Å². The number of amides is 1. The molecule has 1 amide bonds. The molecule has 0 saturated carbocycles. The van der Waals surface area contributed by atoms with Crippen LogP contribution in [0.4, 0.5) is 5.69 Å². The molecule has 6 nitrogen and oxygen atoms in total. The highest BCUT2D eigenvalue weighted by Crippen LogP contribution is 2.37. The number of rotatable bonds is 4. The third kappa shape index (κ3) is 3.17. The van der Waals surface area contributed by atoms with Gasteiger partial charge in [0, 0.05) is 21.8 Å². The lowest BCUT2D eigenvalue weighted by Crippen LogP contribution is -2.42. The van der Waals surface area contributed by atoms with Gasteiger partial charge in [-0.05, 0) is 36.4 Å². The van der Waals surface area contributed by atoms with Crippen LogP contribution in [0.3, 0.4) is 0 Å². The van der Waals surface area contributed by atoms with Gasteiger partial charge in [-0.15, -0.1) is 0 Å². The Bertz CT molecular complexity index is 1150. The molecule has 0 saturated heterocycles. The average molecular weight is 405 g/mol. The highest BCUT2D eigenvalue weighted by Gasteiger charge is 2.35. The fraction of sp³-hybridized carbons (Fsp3) is 0.0909. The van der Waals surface area contributed by atoms with Crippen molar-refractivity contribution >= 4 is 23.2 Å². The summed E-state index contributed by atoms with van der Waals surface area (Å²) in [5.41, 5.74) is 4.05. The van der Waals surface area contributed by atoms with E-state index in [0.29, 0.717) is 22.9 Å². The maximum absolute atomic E-state index is 13.3. The summed E-state index contributed by atoms with van der Waals surface area (Å²) < 4.78 is 5.51. The fourth-order valence-electron chi connectivity index (χ4n) is 3.62. The highest BCUT2D eigenvalue weighted by atomic mass is 35.5. The van der Waals surface area contributed by atoms with Crippen molar-refractivity contribution in [3.63, 3.8) is 0 Å². The van der Waals surface area contributed by atoms with Crippen LogP contribution < -0.4 is 5.32 Å². The number of aromatic nitrogens is 2. The molecule has 0 bridgehead atoms. The van der Waals surface area contributed by atoms with E-state index in [1.807, 2.05) is 60.7 Å². The van der Waals surface area contributed by atoms with Gasteiger partial charge >= 0.3 is 0 Å². The van der Waals surface area contributed by atoms with Gasteiger partial charge in [-0.3, -0.25) is 9.89 Å². The van der Waals surface area contributed by atoms with Crippen molar-refractivity contribution in [1.82, 2.24) is 15.1 Å². The second kappa shape index (κ2) is 7.14. The van der Waals surface area contributed by atoms with Crippen LogP contribution >= 0.6 is 11.6 Å². The van der Waals surface area contributed by atoms with E-state index < -0.39 is 6.17 Å². The standard InChI is InChI=1S/C22H17ClN4O2/c23-15-9-7-14(8-10-15)20-18(12-24-26-20)21-25-19-6-2-1-5-17(19)22(28)27(21)13-16-4-3-11-29-16/h1-12,21,25H,13H2,(H,24,26)/t21-/m0/s1. The average Bonchev–Trinajstić information content (AvgIpc) is 3.43. The second-order valence-electron chi connectivity index (χ2n) is 6.81. The molecule has 0 spiro atoms. The number of para-hydroxylation sites is 1. The Morgan fingerprint density at radius 3 is 2.69 bits per heavy atom. The minimum Gasteiger partial charge on any atom is -0.467 e. The van der Waals surface area contributed by atoms with Gasteiger partial charge < -0.3 is 14.6 Å². The Hall–Kier alpha value is -3.51. The maximum Gasteiger partial charge on any atom is 0.258 e. The number of halogens is 1. The van der Waals surface area contributed by atoms with Crippen LogP contribution in [0.15, 0.2) is 77.5 Å². The summed E-state index contributed by atoms with van der Waals surface area (Å²) in [5.74, 6) is 0.644. The van der Waals surface area contributed by atoms with Gasteiger partial charge in [0.2, 0.25) is 0 Å². The van der Waals surface area contributed by atoms with Crippen molar-refractivity contribution in [3.05, 3.63) is 95.0 Å². The lowest BCUT2D eigenvalue weighted by molar-refractivity contribution is 0.0652. The summed E-state index contributed by atoms with van der Waals surface area (Å²) in [5, 5.41) is 11.5. The molecule has 29 heavy (non-hydrogen) atoms. The Labute approximate surface area is 172 Å². The first-order valence-corrected chi connectivity index (χ1v) is 9.56. The lowest BCUT2D eigenvalue weighted by Gasteiger charge is -2.37. The van der Waals surface area contributed by atoms with Crippen LogP contribution in [0, 0.1) is 0 Å². The van der Waals surface area contributed by atoms with E-state index in [-0.39, 0.29) is 5.91 Å². The number of hydrogen-bond acceptors (Lipinski definition) is 4. The van der Waals surface area contributed by atoms with Crippen LogP contribution in [0.1, 0.15) is 27.8 Å². The fourth-order valence-corrected chi connectivity index (χ4v) is 3.75. The van der Waals surface area contributed by atoms with Gasteiger partial charge in [-0.1, -0.05) is 35.9 Å². The molecule has 0 aliphatic carbocycles. The van der Waals surface area contributed by atoms with E-state index in [1.54, 1.807) is 17.4 Å². The number of benzene rings is 2. The quantitative estimate of drug-likeness (QED) is 0.497. The van der Waals surface area contributed by atoms with Crippen LogP contribution in [-0.2, 0) is 6.54 Å². The molecule has 0 unspecified atom stereocenters. The molecule has 4 aromatic rings. The first-order valence-electron chi connectivity index (χ1n) is 9.19. The largest absolute Gasteiger partial charge is 0.467 e. The number of anilines is 1. The molecule has 0 fully saturated rings. The van der Waals surface area contributed by atoms with E-state index in [2.05, 4.69) is 15.5 Å². The van der Waals surface area contributed by atoms with Gasteiger partial charge in [0.25, 0.3) is 5.91 Å². The van der Waals surface area contributed by atoms with Gasteiger partial charge in [-0.2, -0.15) is 5.10 Å². The Balaban J connectivity index is 1.59.